The lowest BCUT2D eigenvalue weighted by atomic mass is 10.2. The Hall–Kier alpha value is -0.450. The molecule has 0 bridgehead atoms. The van der Waals surface area contributed by atoms with Crippen molar-refractivity contribution in [1.29, 1.82) is 0 Å². The quantitative estimate of drug-likeness (QED) is 0.828. The lowest BCUT2D eigenvalue weighted by Gasteiger charge is -2.19. The average Bonchev–Trinajstić information content (AvgIpc) is 2.98. The smallest absolute Gasteiger partial charge is 0.0953 e. The molecule has 1 aromatic rings. The lowest BCUT2D eigenvalue weighted by molar-refractivity contribution is 0.184. The van der Waals surface area contributed by atoms with Gasteiger partial charge in [-0.2, -0.15) is 0 Å². The number of aliphatic hydroxyl groups excluding tert-OH is 1. The Labute approximate surface area is 101 Å². The average molecular weight is 240 g/mol. The van der Waals surface area contributed by atoms with Crippen LogP contribution in [0.25, 0.3) is 0 Å². The summed E-state index contributed by atoms with van der Waals surface area (Å²) in [4.78, 5) is 8.13. The Morgan fingerprint density at radius 3 is 2.81 bits per heavy atom. The standard InChI is InChI=1S/C12H20N2OS/c1-9(2)12-13-7-11(16-12)8-14(5-6-15)10-3-4-10/h7,9-10,15H,3-6,8H2,1-2H3. The van der Waals surface area contributed by atoms with Crippen LogP contribution >= 0.6 is 11.3 Å². The number of aromatic nitrogens is 1. The van der Waals surface area contributed by atoms with Crippen molar-refractivity contribution >= 4 is 11.3 Å². The molecule has 0 aliphatic heterocycles. The molecule has 90 valence electrons. The molecule has 0 radical (unpaired) electrons. The van der Waals surface area contributed by atoms with Gasteiger partial charge in [-0.3, -0.25) is 4.90 Å². The molecule has 16 heavy (non-hydrogen) atoms. The molecule has 0 unspecified atom stereocenters. The zero-order valence-corrected chi connectivity index (χ0v) is 10.8. The summed E-state index contributed by atoms with van der Waals surface area (Å²) >= 11 is 1.81. The molecule has 0 spiro atoms. The number of aliphatic hydroxyl groups is 1. The zero-order valence-electron chi connectivity index (χ0n) is 10.0. The monoisotopic (exact) mass is 240 g/mol. The van der Waals surface area contributed by atoms with Crippen LogP contribution in [0.1, 0.15) is 42.5 Å². The third-order valence-electron chi connectivity index (χ3n) is 2.87. The van der Waals surface area contributed by atoms with E-state index < -0.39 is 0 Å². The van der Waals surface area contributed by atoms with Crippen molar-refractivity contribution in [2.24, 2.45) is 0 Å². The summed E-state index contributed by atoms with van der Waals surface area (Å²) in [5, 5.41) is 10.2. The molecule has 0 atom stereocenters. The second-order valence-corrected chi connectivity index (χ2v) is 5.89. The predicted octanol–water partition coefficient (Wildman–Crippen LogP) is 2.22. The van der Waals surface area contributed by atoms with Gasteiger partial charge in [-0.1, -0.05) is 13.8 Å². The maximum atomic E-state index is 9.03. The maximum Gasteiger partial charge on any atom is 0.0953 e. The third-order valence-corrected chi connectivity index (χ3v) is 4.16. The molecule has 1 heterocycles. The highest BCUT2D eigenvalue weighted by Crippen LogP contribution is 2.29. The first-order valence-corrected chi connectivity index (χ1v) is 6.82. The molecule has 1 aromatic heterocycles. The Morgan fingerprint density at radius 2 is 2.31 bits per heavy atom. The van der Waals surface area contributed by atoms with Crippen LogP contribution < -0.4 is 0 Å². The summed E-state index contributed by atoms with van der Waals surface area (Å²) in [6, 6.07) is 0.705. The van der Waals surface area contributed by atoms with E-state index in [-0.39, 0.29) is 6.61 Å². The highest BCUT2D eigenvalue weighted by Gasteiger charge is 2.28. The first-order chi connectivity index (χ1) is 7.70. The van der Waals surface area contributed by atoms with E-state index >= 15 is 0 Å². The second-order valence-electron chi connectivity index (χ2n) is 4.74. The fourth-order valence-electron chi connectivity index (χ4n) is 1.82. The number of thiazole rings is 1. The molecule has 1 N–H and O–H groups in total. The van der Waals surface area contributed by atoms with Crippen molar-refractivity contribution in [3.05, 3.63) is 16.1 Å². The van der Waals surface area contributed by atoms with Crippen molar-refractivity contribution in [3.8, 4) is 0 Å². The SMILES string of the molecule is CC(C)c1ncc(CN(CCO)C2CC2)s1. The van der Waals surface area contributed by atoms with Gasteiger partial charge in [-0.15, -0.1) is 11.3 Å². The van der Waals surface area contributed by atoms with Crippen LogP contribution in [0, 0.1) is 0 Å². The summed E-state index contributed by atoms with van der Waals surface area (Å²) < 4.78 is 0. The first-order valence-electron chi connectivity index (χ1n) is 6.00. The van der Waals surface area contributed by atoms with Crippen molar-refractivity contribution < 1.29 is 5.11 Å². The topological polar surface area (TPSA) is 36.4 Å². The van der Waals surface area contributed by atoms with Gasteiger partial charge in [-0.25, -0.2) is 4.98 Å². The van der Waals surface area contributed by atoms with Crippen molar-refractivity contribution in [2.75, 3.05) is 13.2 Å². The van der Waals surface area contributed by atoms with Crippen molar-refractivity contribution in [3.63, 3.8) is 0 Å². The normalized spacial score (nSPS) is 16.3. The molecule has 0 aromatic carbocycles. The maximum absolute atomic E-state index is 9.03. The predicted molar refractivity (Wildman–Crippen MR) is 66.7 cm³/mol. The fraction of sp³-hybridized carbons (Fsp3) is 0.750. The minimum Gasteiger partial charge on any atom is -0.395 e. The number of hydrogen-bond donors (Lipinski definition) is 1. The first kappa shape index (κ1) is 12.0. The summed E-state index contributed by atoms with van der Waals surface area (Å²) in [5.41, 5.74) is 0. The van der Waals surface area contributed by atoms with E-state index in [1.54, 1.807) is 11.3 Å². The Bertz CT molecular complexity index is 334. The van der Waals surface area contributed by atoms with E-state index in [1.807, 2.05) is 6.20 Å². The Kier molecular flexibility index (Phi) is 3.95. The largest absolute Gasteiger partial charge is 0.395 e. The van der Waals surface area contributed by atoms with Crippen LogP contribution in [-0.4, -0.2) is 34.2 Å². The summed E-state index contributed by atoms with van der Waals surface area (Å²) in [6.07, 6.45) is 4.57. The second kappa shape index (κ2) is 5.25. The minimum atomic E-state index is 0.256. The third kappa shape index (κ3) is 3.03. The van der Waals surface area contributed by atoms with E-state index in [4.69, 9.17) is 5.11 Å². The van der Waals surface area contributed by atoms with Gasteiger partial charge >= 0.3 is 0 Å². The van der Waals surface area contributed by atoms with Gasteiger partial charge in [0.2, 0.25) is 0 Å². The summed E-state index contributed by atoms with van der Waals surface area (Å²) in [6.45, 7) is 6.35. The minimum absolute atomic E-state index is 0.256. The fourth-order valence-corrected chi connectivity index (χ4v) is 2.77. The van der Waals surface area contributed by atoms with Gasteiger partial charge in [0.05, 0.1) is 11.6 Å². The van der Waals surface area contributed by atoms with E-state index in [0.29, 0.717) is 12.0 Å². The van der Waals surface area contributed by atoms with Crippen molar-refractivity contribution in [2.45, 2.75) is 45.2 Å². The molecular weight excluding hydrogens is 220 g/mol. The number of rotatable bonds is 6. The molecule has 1 aliphatic rings. The van der Waals surface area contributed by atoms with Crippen LogP contribution in [0.5, 0.6) is 0 Å². The molecule has 0 saturated heterocycles. The van der Waals surface area contributed by atoms with Gasteiger partial charge in [0.25, 0.3) is 0 Å². The molecule has 1 aliphatic carbocycles. The van der Waals surface area contributed by atoms with Gasteiger partial charge in [0.1, 0.15) is 0 Å². The Morgan fingerprint density at radius 1 is 1.56 bits per heavy atom. The van der Waals surface area contributed by atoms with Gasteiger partial charge in [0, 0.05) is 36.1 Å². The van der Waals surface area contributed by atoms with Crippen LogP contribution in [0.15, 0.2) is 6.20 Å². The highest BCUT2D eigenvalue weighted by atomic mass is 32.1. The zero-order chi connectivity index (χ0) is 11.5. The molecule has 1 saturated carbocycles. The van der Waals surface area contributed by atoms with E-state index in [2.05, 4.69) is 23.7 Å². The molecule has 0 amide bonds. The lowest BCUT2D eigenvalue weighted by Crippen LogP contribution is -2.28. The van der Waals surface area contributed by atoms with E-state index in [9.17, 15) is 0 Å². The summed E-state index contributed by atoms with van der Waals surface area (Å²) in [7, 11) is 0. The molecular formula is C12H20N2OS. The molecule has 2 rings (SSSR count). The van der Waals surface area contributed by atoms with Gasteiger partial charge in [-0.05, 0) is 12.8 Å². The number of hydrogen-bond acceptors (Lipinski definition) is 4. The molecule has 1 fully saturated rings. The van der Waals surface area contributed by atoms with Crippen LogP contribution in [0.3, 0.4) is 0 Å². The summed E-state index contributed by atoms with van der Waals surface area (Å²) in [5.74, 6) is 0.519. The molecule has 3 nitrogen and oxygen atoms in total. The van der Waals surface area contributed by atoms with E-state index in [0.717, 1.165) is 13.1 Å². The van der Waals surface area contributed by atoms with Crippen LogP contribution in [0.4, 0.5) is 0 Å². The molecule has 4 heteroatoms. The van der Waals surface area contributed by atoms with Crippen LogP contribution in [0.2, 0.25) is 0 Å². The van der Waals surface area contributed by atoms with Crippen LogP contribution in [-0.2, 0) is 6.54 Å². The van der Waals surface area contributed by atoms with Crippen molar-refractivity contribution in [1.82, 2.24) is 9.88 Å². The highest BCUT2D eigenvalue weighted by molar-refractivity contribution is 7.11. The van der Waals surface area contributed by atoms with Gasteiger partial charge < -0.3 is 5.11 Å². The van der Waals surface area contributed by atoms with E-state index in [1.165, 1.54) is 22.7 Å². The number of nitrogens with zero attached hydrogens (tertiary/aromatic N) is 2. The Balaban J connectivity index is 1.95. The van der Waals surface area contributed by atoms with Gasteiger partial charge in [0.15, 0.2) is 0 Å².